The van der Waals surface area contributed by atoms with Gasteiger partial charge in [0.15, 0.2) is 35.2 Å². The summed E-state index contributed by atoms with van der Waals surface area (Å²) in [4.78, 5) is 23.6. The zero-order valence-corrected chi connectivity index (χ0v) is 13.3. The molecule has 0 saturated carbocycles. The van der Waals surface area contributed by atoms with Crippen molar-refractivity contribution in [3.05, 3.63) is 35.4 Å². The van der Waals surface area contributed by atoms with Crippen LogP contribution in [0.5, 0.6) is 34.5 Å². The Bertz CT molecular complexity index is 919. The molecule has 0 aromatic heterocycles. The van der Waals surface area contributed by atoms with Gasteiger partial charge in [-0.1, -0.05) is 6.07 Å². The van der Waals surface area contributed by atoms with Crippen LogP contribution < -0.4 is 9.47 Å². The summed E-state index contributed by atoms with van der Waals surface area (Å²) in [5.41, 5.74) is -0.277. The minimum atomic E-state index is -1.76. The molecule has 0 aliphatic carbocycles. The molecule has 2 aromatic carbocycles. The molecule has 1 heterocycles. The van der Waals surface area contributed by atoms with Crippen molar-refractivity contribution in [1.82, 2.24) is 0 Å². The highest BCUT2D eigenvalue weighted by Crippen LogP contribution is 2.48. The number of ketones is 1. The number of aromatic hydroxyl groups is 4. The van der Waals surface area contributed by atoms with Gasteiger partial charge in [-0.2, -0.15) is 0 Å². The molecule has 0 spiro atoms. The molecule has 2 atom stereocenters. The normalized spacial score (nSPS) is 18.8. The van der Waals surface area contributed by atoms with E-state index in [0.717, 1.165) is 25.1 Å². The third-order valence-corrected chi connectivity index (χ3v) is 3.83. The van der Waals surface area contributed by atoms with Crippen molar-refractivity contribution in [1.29, 1.82) is 0 Å². The van der Waals surface area contributed by atoms with Crippen LogP contribution in [0.3, 0.4) is 0 Å². The molecule has 1 aliphatic heterocycles. The van der Waals surface area contributed by atoms with Crippen molar-refractivity contribution >= 4 is 11.8 Å². The Labute approximate surface area is 146 Å². The molecule has 9 nitrogen and oxygen atoms in total. The molecule has 5 N–H and O–H groups in total. The van der Waals surface area contributed by atoms with Crippen LogP contribution in [0.15, 0.2) is 24.3 Å². The van der Waals surface area contributed by atoms with Gasteiger partial charge < -0.3 is 35.0 Å². The summed E-state index contributed by atoms with van der Waals surface area (Å²) < 4.78 is 10.2. The fourth-order valence-electron chi connectivity index (χ4n) is 2.64. The summed E-state index contributed by atoms with van der Waals surface area (Å²) in [6.07, 6.45) is -3.02. The molecule has 1 aliphatic rings. The number of carbonyl (C=O) groups excluding carboxylic acids is 2. The van der Waals surface area contributed by atoms with E-state index in [9.17, 15) is 35.1 Å². The Kier molecular flexibility index (Phi) is 4.09. The molecular formula is C17H14O9. The van der Waals surface area contributed by atoms with Crippen molar-refractivity contribution in [2.45, 2.75) is 19.1 Å². The van der Waals surface area contributed by atoms with Crippen molar-refractivity contribution < 1.29 is 44.6 Å². The van der Waals surface area contributed by atoms with E-state index in [2.05, 4.69) is 4.74 Å². The average molecular weight is 362 g/mol. The maximum absolute atomic E-state index is 12.5. The Balaban J connectivity index is 2.09. The summed E-state index contributed by atoms with van der Waals surface area (Å²) in [6.45, 7) is 1.04. The second kappa shape index (κ2) is 6.12. The van der Waals surface area contributed by atoms with Crippen LogP contribution in [0.4, 0.5) is 0 Å². The van der Waals surface area contributed by atoms with Crippen LogP contribution in [-0.2, 0) is 4.79 Å². The maximum Gasteiger partial charge on any atom is 0.308 e. The van der Waals surface area contributed by atoms with Gasteiger partial charge in [0.1, 0.15) is 11.3 Å². The molecule has 3 rings (SSSR count). The quantitative estimate of drug-likeness (QED) is 0.300. The van der Waals surface area contributed by atoms with Gasteiger partial charge >= 0.3 is 5.97 Å². The molecule has 0 saturated heterocycles. The smallest absolute Gasteiger partial charge is 0.308 e. The molecule has 9 heteroatoms. The lowest BCUT2D eigenvalue weighted by molar-refractivity contribution is -0.132. The number of phenolic OH excluding ortho intramolecular Hbond substituents is 4. The van der Waals surface area contributed by atoms with Gasteiger partial charge in [-0.15, -0.1) is 0 Å². The molecule has 2 aromatic rings. The number of hydrogen-bond donors (Lipinski definition) is 5. The number of hydrogen-bond acceptors (Lipinski definition) is 9. The first kappa shape index (κ1) is 17.4. The first-order valence-corrected chi connectivity index (χ1v) is 7.39. The summed E-state index contributed by atoms with van der Waals surface area (Å²) in [7, 11) is 0. The predicted molar refractivity (Wildman–Crippen MR) is 84.6 cm³/mol. The number of esters is 1. The van der Waals surface area contributed by atoms with Crippen LogP contribution in [0.25, 0.3) is 0 Å². The zero-order chi connectivity index (χ0) is 19.2. The Morgan fingerprint density at radius 2 is 1.77 bits per heavy atom. The van der Waals surface area contributed by atoms with E-state index in [0.29, 0.717) is 0 Å². The minimum Gasteiger partial charge on any atom is -0.504 e. The molecule has 136 valence electrons. The van der Waals surface area contributed by atoms with Gasteiger partial charge in [0.25, 0.3) is 0 Å². The molecule has 0 amide bonds. The lowest BCUT2D eigenvalue weighted by atomic mass is 9.92. The minimum absolute atomic E-state index is 0.176. The largest absolute Gasteiger partial charge is 0.504 e. The predicted octanol–water partition coefficient (Wildman–Crippen LogP) is 1.11. The Hall–Kier alpha value is -3.46. The van der Waals surface area contributed by atoms with Crippen LogP contribution in [0.2, 0.25) is 0 Å². The Morgan fingerprint density at radius 3 is 2.38 bits per heavy atom. The van der Waals surface area contributed by atoms with E-state index in [1.807, 2.05) is 0 Å². The lowest BCUT2D eigenvalue weighted by Gasteiger charge is -2.30. The van der Waals surface area contributed by atoms with Crippen LogP contribution >= 0.6 is 0 Å². The third-order valence-electron chi connectivity index (χ3n) is 3.83. The molecule has 0 bridgehead atoms. The standard InChI is InChI=1S/C17H14O9/c1-6(18)25-17-10(21)5-11-12(14(17)23)13(22)15(24)16(26-11)7-2-3-8(19)9(20)4-7/h2-5,15-16,19-21,23-24H,1H3. The van der Waals surface area contributed by atoms with Crippen molar-refractivity contribution in [2.24, 2.45) is 0 Å². The van der Waals surface area contributed by atoms with Gasteiger partial charge in [0.05, 0.1) is 0 Å². The highest BCUT2D eigenvalue weighted by atomic mass is 16.5. The second-order valence-corrected chi connectivity index (χ2v) is 5.64. The molecular weight excluding hydrogens is 348 g/mol. The van der Waals surface area contributed by atoms with Gasteiger partial charge in [0, 0.05) is 13.0 Å². The Morgan fingerprint density at radius 1 is 1.08 bits per heavy atom. The number of carbonyl (C=O) groups is 2. The molecule has 0 radical (unpaired) electrons. The van der Waals surface area contributed by atoms with Gasteiger partial charge in [-0.05, 0) is 17.7 Å². The van der Waals surface area contributed by atoms with E-state index in [-0.39, 0.29) is 11.3 Å². The summed E-state index contributed by atoms with van der Waals surface area (Å²) in [5, 5.41) is 49.3. The number of fused-ring (bicyclic) bond motifs is 1. The molecule has 0 fully saturated rings. The van der Waals surface area contributed by atoms with Crippen molar-refractivity contribution in [3.63, 3.8) is 0 Å². The van der Waals surface area contributed by atoms with Gasteiger partial charge in [0.2, 0.25) is 11.5 Å². The fraction of sp³-hybridized carbons (Fsp3) is 0.176. The van der Waals surface area contributed by atoms with E-state index in [4.69, 9.17) is 4.74 Å². The van der Waals surface area contributed by atoms with E-state index >= 15 is 0 Å². The number of phenols is 4. The van der Waals surface area contributed by atoms with Crippen LogP contribution in [0, 0.1) is 0 Å². The first-order valence-electron chi connectivity index (χ1n) is 7.39. The van der Waals surface area contributed by atoms with E-state index < -0.39 is 58.3 Å². The summed E-state index contributed by atoms with van der Waals surface area (Å²) in [5.74, 6) is -5.00. The number of Topliss-reactive ketones (excluding diaryl/α,β-unsaturated/α-hetero) is 1. The molecule has 26 heavy (non-hydrogen) atoms. The summed E-state index contributed by atoms with van der Waals surface area (Å²) >= 11 is 0. The second-order valence-electron chi connectivity index (χ2n) is 5.64. The average Bonchev–Trinajstić information content (AvgIpc) is 2.57. The van der Waals surface area contributed by atoms with Crippen LogP contribution in [0.1, 0.15) is 28.9 Å². The topological polar surface area (TPSA) is 154 Å². The van der Waals surface area contributed by atoms with E-state index in [1.54, 1.807) is 0 Å². The fourth-order valence-corrected chi connectivity index (χ4v) is 2.64. The number of benzene rings is 2. The number of aliphatic hydroxyl groups excluding tert-OH is 1. The molecule has 2 unspecified atom stereocenters. The summed E-state index contributed by atoms with van der Waals surface area (Å²) in [6, 6.07) is 4.55. The maximum atomic E-state index is 12.5. The van der Waals surface area contributed by atoms with Gasteiger partial charge in [-0.3, -0.25) is 9.59 Å². The lowest BCUT2D eigenvalue weighted by Crippen LogP contribution is -2.36. The zero-order valence-electron chi connectivity index (χ0n) is 13.3. The highest BCUT2D eigenvalue weighted by molar-refractivity contribution is 6.06. The first-order chi connectivity index (χ1) is 12.2. The third kappa shape index (κ3) is 2.74. The number of aliphatic hydroxyl groups is 1. The van der Waals surface area contributed by atoms with Crippen molar-refractivity contribution in [3.8, 4) is 34.5 Å². The SMILES string of the molecule is CC(=O)Oc1c(O)cc2c(c1O)C(=O)C(O)C(c1ccc(O)c(O)c1)O2. The van der Waals surface area contributed by atoms with Gasteiger partial charge in [-0.25, -0.2) is 0 Å². The van der Waals surface area contributed by atoms with Crippen LogP contribution in [-0.4, -0.2) is 43.4 Å². The highest BCUT2D eigenvalue weighted by Gasteiger charge is 2.41. The van der Waals surface area contributed by atoms with E-state index in [1.165, 1.54) is 6.07 Å². The number of rotatable bonds is 2. The monoisotopic (exact) mass is 362 g/mol. The van der Waals surface area contributed by atoms with Crippen molar-refractivity contribution in [2.75, 3.05) is 0 Å². The number of ether oxygens (including phenoxy) is 2.